The highest BCUT2D eigenvalue weighted by atomic mass is 35.5. The van der Waals surface area contributed by atoms with Gasteiger partial charge in [-0.05, 0) is 61.9 Å². The highest BCUT2D eigenvalue weighted by molar-refractivity contribution is 7.17. The van der Waals surface area contributed by atoms with Crippen LogP contribution >= 0.6 is 22.9 Å². The first kappa shape index (κ1) is 24.5. The molecular weight excluding hydrogens is 484 g/mol. The molecule has 4 rings (SSSR count). The summed E-state index contributed by atoms with van der Waals surface area (Å²) in [5.41, 5.74) is 2.96. The first-order chi connectivity index (χ1) is 16.9. The van der Waals surface area contributed by atoms with E-state index in [0.29, 0.717) is 28.3 Å². The fourth-order valence-corrected chi connectivity index (χ4v) is 4.19. The Bertz CT molecular complexity index is 1360. The number of aromatic nitrogens is 2. The van der Waals surface area contributed by atoms with Gasteiger partial charge in [-0.1, -0.05) is 24.2 Å². The number of fused-ring (bicyclic) bond motifs is 1. The first-order valence-electron chi connectivity index (χ1n) is 10.8. The Morgan fingerprint density at radius 3 is 2.80 bits per heavy atom. The molecule has 0 bridgehead atoms. The lowest BCUT2D eigenvalue weighted by Gasteiger charge is -2.14. The smallest absolute Gasteiger partial charge is 0.247 e. The summed E-state index contributed by atoms with van der Waals surface area (Å²) in [6, 6.07) is 14.6. The summed E-state index contributed by atoms with van der Waals surface area (Å²) >= 11 is 7.96. The van der Waals surface area contributed by atoms with Crippen LogP contribution in [0.3, 0.4) is 0 Å². The number of hydrogen-bond acceptors (Lipinski definition) is 8. The molecule has 0 atom stereocenters. The lowest BCUT2D eigenvalue weighted by Crippen LogP contribution is -2.20. The van der Waals surface area contributed by atoms with E-state index in [1.807, 2.05) is 43.7 Å². The number of halogens is 1. The van der Waals surface area contributed by atoms with Crippen LogP contribution in [0, 0.1) is 0 Å². The van der Waals surface area contributed by atoms with E-state index >= 15 is 0 Å². The number of rotatable bonds is 10. The standard InChI is InChI=1S/C25H25ClN6O2S/c1-4-22(33)28-16-6-5-7-18(14-16)34-24-23-21(10-13-35-23)30-25(31-24)29-17-8-9-20(19(26)15-17)27-11-12-32(2)3/h4-10,13-15,27H,1,11-12H2,2-3H3,(H,28,33)(H,29,30,31). The van der Waals surface area contributed by atoms with Gasteiger partial charge in [0.05, 0.1) is 16.2 Å². The van der Waals surface area contributed by atoms with Gasteiger partial charge in [-0.3, -0.25) is 4.79 Å². The zero-order chi connectivity index (χ0) is 24.8. The molecule has 0 aliphatic carbocycles. The van der Waals surface area contributed by atoms with Crippen molar-refractivity contribution in [1.29, 1.82) is 0 Å². The molecule has 0 spiro atoms. The van der Waals surface area contributed by atoms with E-state index in [1.54, 1.807) is 24.3 Å². The lowest BCUT2D eigenvalue weighted by molar-refractivity contribution is -0.111. The van der Waals surface area contributed by atoms with E-state index in [9.17, 15) is 4.79 Å². The molecule has 0 fully saturated rings. The average molecular weight is 509 g/mol. The Kier molecular flexibility index (Phi) is 7.81. The molecule has 0 saturated heterocycles. The van der Waals surface area contributed by atoms with Gasteiger partial charge in [0.15, 0.2) is 0 Å². The van der Waals surface area contributed by atoms with Crippen molar-refractivity contribution >= 4 is 62.1 Å². The predicted octanol–water partition coefficient (Wildman–Crippen LogP) is 5.98. The number of anilines is 4. The number of hydrogen-bond donors (Lipinski definition) is 3. The molecule has 0 aliphatic rings. The third-order valence-corrected chi connectivity index (χ3v) is 6.08. The second kappa shape index (κ2) is 11.2. The summed E-state index contributed by atoms with van der Waals surface area (Å²) in [4.78, 5) is 22.9. The number of nitrogens with zero attached hydrogens (tertiary/aromatic N) is 3. The molecule has 2 aromatic heterocycles. The fourth-order valence-electron chi connectivity index (χ4n) is 3.18. The van der Waals surface area contributed by atoms with Crippen LogP contribution in [0.1, 0.15) is 0 Å². The highest BCUT2D eigenvalue weighted by Gasteiger charge is 2.13. The Labute approximate surface area is 212 Å². The minimum atomic E-state index is -0.297. The molecule has 2 heterocycles. The van der Waals surface area contributed by atoms with E-state index in [0.717, 1.165) is 34.7 Å². The summed E-state index contributed by atoms with van der Waals surface area (Å²) in [7, 11) is 4.05. The number of ether oxygens (including phenoxy) is 1. The molecule has 180 valence electrons. The van der Waals surface area contributed by atoms with Crippen LogP contribution in [0.2, 0.25) is 5.02 Å². The number of carbonyl (C=O) groups is 1. The molecule has 0 unspecified atom stereocenters. The van der Waals surface area contributed by atoms with Crippen LogP contribution in [0.4, 0.5) is 23.0 Å². The van der Waals surface area contributed by atoms with Gasteiger partial charge in [-0.15, -0.1) is 11.3 Å². The van der Waals surface area contributed by atoms with Gasteiger partial charge >= 0.3 is 0 Å². The predicted molar refractivity (Wildman–Crippen MR) is 145 cm³/mol. The Balaban J connectivity index is 1.54. The minimum absolute atomic E-state index is 0.297. The van der Waals surface area contributed by atoms with Gasteiger partial charge in [0.2, 0.25) is 17.7 Å². The quantitative estimate of drug-likeness (QED) is 0.227. The Hall–Kier alpha value is -3.66. The van der Waals surface area contributed by atoms with Crippen molar-refractivity contribution in [3.63, 3.8) is 0 Å². The number of carbonyl (C=O) groups excluding carboxylic acids is 1. The van der Waals surface area contributed by atoms with Crippen LogP contribution in [0.15, 0.2) is 66.6 Å². The van der Waals surface area contributed by atoms with Gasteiger partial charge in [0.25, 0.3) is 0 Å². The SMILES string of the molecule is C=CC(=O)Nc1cccc(Oc2nc(Nc3ccc(NCCN(C)C)c(Cl)c3)nc3ccsc23)c1. The van der Waals surface area contributed by atoms with Crippen molar-refractivity contribution in [3.05, 3.63) is 71.6 Å². The monoisotopic (exact) mass is 508 g/mol. The van der Waals surface area contributed by atoms with Crippen LogP contribution in [-0.4, -0.2) is 48.0 Å². The second-order valence-electron chi connectivity index (χ2n) is 7.86. The van der Waals surface area contributed by atoms with Crippen LogP contribution in [0.25, 0.3) is 10.2 Å². The maximum Gasteiger partial charge on any atom is 0.247 e. The van der Waals surface area contributed by atoms with Crippen molar-refractivity contribution in [2.75, 3.05) is 43.1 Å². The highest BCUT2D eigenvalue weighted by Crippen LogP contribution is 2.34. The third-order valence-electron chi connectivity index (χ3n) is 4.87. The summed E-state index contributed by atoms with van der Waals surface area (Å²) in [6.07, 6.45) is 1.21. The molecule has 4 aromatic rings. The molecule has 1 amide bonds. The van der Waals surface area contributed by atoms with Crippen molar-refractivity contribution < 1.29 is 9.53 Å². The van der Waals surface area contributed by atoms with Crippen molar-refractivity contribution in [1.82, 2.24) is 14.9 Å². The fraction of sp³-hybridized carbons (Fsp3) is 0.160. The Morgan fingerprint density at radius 2 is 2.03 bits per heavy atom. The van der Waals surface area contributed by atoms with E-state index in [1.165, 1.54) is 17.4 Å². The molecule has 3 N–H and O–H groups in total. The van der Waals surface area contributed by atoms with E-state index in [-0.39, 0.29) is 5.91 Å². The zero-order valence-electron chi connectivity index (χ0n) is 19.3. The number of nitrogens with one attached hydrogen (secondary N) is 3. The van der Waals surface area contributed by atoms with Gasteiger partial charge in [-0.25, -0.2) is 4.98 Å². The molecular formula is C25H25ClN6O2S. The molecule has 2 aromatic carbocycles. The van der Waals surface area contributed by atoms with Gasteiger partial charge in [0.1, 0.15) is 10.4 Å². The van der Waals surface area contributed by atoms with Crippen LogP contribution < -0.4 is 20.7 Å². The number of benzene rings is 2. The number of thiophene rings is 1. The van der Waals surface area contributed by atoms with Crippen molar-refractivity contribution in [3.8, 4) is 11.6 Å². The third kappa shape index (κ3) is 6.48. The second-order valence-corrected chi connectivity index (χ2v) is 9.18. The summed E-state index contributed by atoms with van der Waals surface area (Å²) in [6.45, 7) is 5.16. The van der Waals surface area contributed by atoms with Gasteiger partial charge in [-0.2, -0.15) is 4.98 Å². The lowest BCUT2D eigenvalue weighted by atomic mass is 10.2. The Morgan fingerprint density at radius 1 is 1.17 bits per heavy atom. The normalized spacial score (nSPS) is 10.9. The number of amides is 1. The largest absolute Gasteiger partial charge is 0.437 e. The minimum Gasteiger partial charge on any atom is -0.437 e. The maximum absolute atomic E-state index is 11.6. The average Bonchev–Trinajstić information content (AvgIpc) is 3.29. The van der Waals surface area contributed by atoms with Gasteiger partial charge in [0, 0.05) is 30.5 Å². The molecule has 8 nitrogen and oxygen atoms in total. The van der Waals surface area contributed by atoms with Crippen molar-refractivity contribution in [2.45, 2.75) is 0 Å². The molecule has 35 heavy (non-hydrogen) atoms. The molecule has 0 aliphatic heterocycles. The van der Waals surface area contributed by atoms with Crippen molar-refractivity contribution in [2.24, 2.45) is 0 Å². The first-order valence-corrected chi connectivity index (χ1v) is 12.1. The molecule has 0 saturated carbocycles. The number of likely N-dealkylation sites (N-methyl/N-ethyl adjacent to an activating group) is 1. The van der Waals surface area contributed by atoms with Crippen LogP contribution in [0.5, 0.6) is 11.6 Å². The summed E-state index contributed by atoms with van der Waals surface area (Å²) in [5, 5.41) is 11.8. The van der Waals surface area contributed by atoms with E-state index in [4.69, 9.17) is 16.3 Å². The summed E-state index contributed by atoms with van der Waals surface area (Å²) in [5.74, 6) is 1.02. The topological polar surface area (TPSA) is 91.4 Å². The maximum atomic E-state index is 11.6. The zero-order valence-corrected chi connectivity index (χ0v) is 20.9. The molecule has 0 radical (unpaired) electrons. The summed E-state index contributed by atoms with van der Waals surface area (Å²) < 4.78 is 6.91. The van der Waals surface area contributed by atoms with Gasteiger partial charge < -0.3 is 25.6 Å². The molecule has 10 heteroatoms. The van der Waals surface area contributed by atoms with E-state index < -0.39 is 0 Å². The van der Waals surface area contributed by atoms with Crippen LogP contribution in [-0.2, 0) is 4.79 Å². The van der Waals surface area contributed by atoms with E-state index in [2.05, 4.69) is 37.4 Å².